The Morgan fingerprint density at radius 1 is 1.54 bits per heavy atom. The summed E-state index contributed by atoms with van der Waals surface area (Å²) in [7, 11) is 1.95. The van der Waals surface area contributed by atoms with Crippen LogP contribution < -0.4 is 5.32 Å². The Morgan fingerprint density at radius 2 is 2.23 bits per heavy atom. The first-order chi connectivity index (χ1) is 6.13. The van der Waals surface area contributed by atoms with Gasteiger partial charge in [0, 0.05) is 15.4 Å². The first-order valence-electron chi connectivity index (χ1n) is 3.93. The molecule has 1 nitrogen and oxygen atoms in total. The number of rotatable bonds is 3. The fraction of sp³-hybridized carbons (Fsp3) is 0.333. The minimum atomic E-state index is 0.416. The zero-order valence-corrected chi connectivity index (χ0v) is 11.5. The van der Waals surface area contributed by atoms with E-state index >= 15 is 0 Å². The van der Waals surface area contributed by atoms with Crippen LogP contribution in [0.15, 0.2) is 20.4 Å². The summed E-state index contributed by atoms with van der Waals surface area (Å²) in [6.45, 7) is 2.12. The van der Waals surface area contributed by atoms with Crippen molar-refractivity contribution in [3.63, 3.8) is 0 Å². The maximum absolute atomic E-state index is 3.46. The summed E-state index contributed by atoms with van der Waals surface area (Å²) >= 11 is 8.64. The molecule has 1 atom stereocenters. The van der Waals surface area contributed by atoms with Crippen LogP contribution in [0, 0.1) is 0 Å². The predicted octanol–water partition coefficient (Wildman–Crippen LogP) is 3.89. The molecule has 13 heavy (non-hydrogen) atoms. The number of hydrogen-bond donors (Lipinski definition) is 1. The van der Waals surface area contributed by atoms with Gasteiger partial charge in [-0.05, 0) is 58.0 Å². The molecule has 0 fully saturated rings. The summed E-state index contributed by atoms with van der Waals surface area (Å²) in [6.07, 6.45) is 4.27. The van der Waals surface area contributed by atoms with Gasteiger partial charge in [0.05, 0.1) is 3.79 Å². The lowest BCUT2D eigenvalue weighted by Gasteiger charge is -2.00. The zero-order valence-electron chi connectivity index (χ0n) is 7.47. The largest absolute Gasteiger partial charge is 0.314 e. The maximum atomic E-state index is 3.46. The molecule has 4 heteroatoms. The van der Waals surface area contributed by atoms with Gasteiger partial charge in [0.25, 0.3) is 0 Å². The van der Waals surface area contributed by atoms with Crippen LogP contribution in [-0.4, -0.2) is 13.1 Å². The first kappa shape index (κ1) is 11.4. The van der Waals surface area contributed by atoms with Crippen LogP contribution in [0.4, 0.5) is 0 Å². The number of nitrogens with one attached hydrogen (secondary N) is 1. The fourth-order valence-electron chi connectivity index (χ4n) is 0.781. The Bertz CT molecular complexity index is 287. The third-order valence-corrected chi connectivity index (χ3v) is 4.89. The topological polar surface area (TPSA) is 12.0 Å². The van der Waals surface area contributed by atoms with Gasteiger partial charge in [-0.1, -0.05) is 6.08 Å². The zero-order chi connectivity index (χ0) is 9.84. The van der Waals surface area contributed by atoms with Gasteiger partial charge in [-0.15, -0.1) is 11.3 Å². The van der Waals surface area contributed by atoms with E-state index in [0.29, 0.717) is 6.04 Å². The average molecular weight is 325 g/mol. The van der Waals surface area contributed by atoms with E-state index in [1.807, 2.05) is 7.05 Å². The van der Waals surface area contributed by atoms with Crippen molar-refractivity contribution in [3.05, 3.63) is 25.3 Å². The van der Waals surface area contributed by atoms with Crippen LogP contribution in [0.1, 0.15) is 11.8 Å². The van der Waals surface area contributed by atoms with E-state index in [9.17, 15) is 0 Å². The highest BCUT2D eigenvalue weighted by molar-refractivity contribution is 9.13. The molecule has 0 radical (unpaired) electrons. The molecule has 1 rings (SSSR count). The molecular formula is C9H11Br2NS. The van der Waals surface area contributed by atoms with Crippen molar-refractivity contribution in [1.82, 2.24) is 5.32 Å². The minimum Gasteiger partial charge on any atom is -0.314 e. The predicted molar refractivity (Wildman–Crippen MR) is 67.3 cm³/mol. The lowest BCUT2D eigenvalue weighted by Crippen LogP contribution is -2.17. The highest BCUT2D eigenvalue weighted by atomic mass is 79.9. The van der Waals surface area contributed by atoms with Crippen LogP contribution in [0.3, 0.4) is 0 Å². The van der Waals surface area contributed by atoms with E-state index in [1.165, 1.54) is 4.88 Å². The standard InChI is InChI=1S/C9H11Br2NS/c1-6(12-2)3-4-7-5-8(10)9(11)13-7/h3-6,12H,1-2H3/b4-3+. The second-order valence-corrected chi connectivity index (χ2v) is 5.96. The number of halogens is 2. The molecule has 1 aromatic rings. The number of hydrogen-bond acceptors (Lipinski definition) is 2. The molecule has 1 aromatic heterocycles. The van der Waals surface area contributed by atoms with Crippen LogP contribution in [0.2, 0.25) is 0 Å². The van der Waals surface area contributed by atoms with Gasteiger partial charge in [0.2, 0.25) is 0 Å². The molecule has 1 unspecified atom stereocenters. The molecule has 0 spiro atoms. The highest BCUT2D eigenvalue weighted by Gasteiger charge is 2.00. The van der Waals surface area contributed by atoms with Crippen molar-refractivity contribution in [3.8, 4) is 0 Å². The van der Waals surface area contributed by atoms with Gasteiger partial charge >= 0.3 is 0 Å². The average Bonchev–Trinajstić information content (AvgIpc) is 2.42. The molecule has 0 saturated carbocycles. The highest BCUT2D eigenvalue weighted by Crippen LogP contribution is 2.32. The third-order valence-electron chi connectivity index (χ3n) is 1.67. The Kier molecular flexibility index (Phi) is 4.66. The van der Waals surface area contributed by atoms with Gasteiger partial charge in [-0.2, -0.15) is 0 Å². The molecule has 0 aromatic carbocycles. The van der Waals surface area contributed by atoms with E-state index in [0.717, 1.165) is 8.26 Å². The number of thiophene rings is 1. The lowest BCUT2D eigenvalue weighted by molar-refractivity contribution is 0.732. The summed E-state index contributed by atoms with van der Waals surface area (Å²) < 4.78 is 2.26. The number of likely N-dealkylation sites (N-methyl/N-ethyl adjacent to an activating group) is 1. The molecular weight excluding hydrogens is 314 g/mol. The van der Waals surface area contributed by atoms with Crippen LogP contribution in [0.5, 0.6) is 0 Å². The van der Waals surface area contributed by atoms with Gasteiger partial charge < -0.3 is 5.32 Å². The maximum Gasteiger partial charge on any atom is 0.0846 e. The van der Waals surface area contributed by atoms with Gasteiger partial charge in [-0.3, -0.25) is 0 Å². The summed E-state index contributed by atoms with van der Waals surface area (Å²) in [5, 5.41) is 3.15. The summed E-state index contributed by atoms with van der Waals surface area (Å²) in [6, 6.07) is 2.52. The molecule has 0 aliphatic rings. The van der Waals surface area contributed by atoms with Crippen molar-refractivity contribution in [1.29, 1.82) is 0 Å². The van der Waals surface area contributed by atoms with E-state index in [-0.39, 0.29) is 0 Å². The molecule has 0 bridgehead atoms. The third kappa shape index (κ3) is 3.54. The van der Waals surface area contributed by atoms with E-state index in [2.05, 4.69) is 62.3 Å². The van der Waals surface area contributed by atoms with Crippen molar-refractivity contribution >= 4 is 49.3 Å². The van der Waals surface area contributed by atoms with E-state index in [1.54, 1.807) is 11.3 Å². The lowest BCUT2D eigenvalue weighted by atomic mass is 10.3. The SMILES string of the molecule is CNC(C)/C=C/c1cc(Br)c(Br)s1. The summed E-state index contributed by atoms with van der Waals surface area (Å²) in [5.41, 5.74) is 0. The van der Waals surface area contributed by atoms with Crippen molar-refractivity contribution in [2.24, 2.45) is 0 Å². The Labute approximate surface area is 99.5 Å². The second-order valence-electron chi connectivity index (χ2n) is 2.71. The van der Waals surface area contributed by atoms with Gasteiger partial charge in [0.1, 0.15) is 0 Å². The van der Waals surface area contributed by atoms with Crippen molar-refractivity contribution in [2.45, 2.75) is 13.0 Å². The fourth-order valence-corrected chi connectivity index (χ4v) is 2.78. The minimum absolute atomic E-state index is 0.416. The second kappa shape index (κ2) is 5.29. The Hall–Kier alpha value is 0.360. The summed E-state index contributed by atoms with van der Waals surface area (Å²) in [5.74, 6) is 0. The van der Waals surface area contributed by atoms with Crippen LogP contribution in [0.25, 0.3) is 6.08 Å². The molecule has 0 saturated heterocycles. The Morgan fingerprint density at radius 3 is 2.69 bits per heavy atom. The quantitative estimate of drug-likeness (QED) is 0.889. The van der Waals surface area contributed by atoms with Crippen LogP contribution in [-0.2, 0) is 0 Å². The molecule has 1 heterocycles. The monoisotopic (exact) mass is 323 g/mol. The molecule has 0 amide bonds. The molecule has 1 N–H and O–H groups in total. The van der Waals surface area contributed by atoms with E-state index < -0.39 is 0 Å². The van der Waals surface area contributed by atoms with Gasteiger partial charge in [-0.25, -0.2) is 0 Å². The van der Waals surface area contributed by atoms with Crippen LogP contribution >= 0.6 is 43.2 Å². The molecule has 0 aliphatic heterocycles. The first-order valence-corrected chi connectivity index (χ1v) is 6.34. The smallest absolute Gasteiger partial charge is 0.0846 e. The Balaban J connectivity index is 2.69. The molecule has 0 aliphatic carbocycles. The normalized spacial score (nSPS) is 13.8. The van der Waals surface area contributed by atoms with Crippen molar-refractivity contribution < 1.29 is 0 Å². The summed E-state index contributed by atoms with van der Waals surface area (Å²) in [4.78, 5) is 1.25. The van der Waals surface area contributed by atoms with E-state index in [4.69, 9.17) is 0 Å². The van der Waals surface area contributed by atoms with Crippen molar-refractivity contribution in [2.75, 3.05) is 7.05 Å². The molecule has 72 valence electrons. The van der Waals surface area contributed by atoms with Gasteiger partial charge in [0.15, 0.2) is 0 Å².